The molecule has 0 spiro atoms. The van der Waals surface area contributed by atoms with Gasteiger partial charge in [0.1, 0.15) is 0 Å². The van der Waals surface area contributed by atoms with Gasteiger partial charge in [-0.25, -0.2) is 8.42 Å². The Morgan fingerprint density at radius 2 is 1.70 bits per heavy atom. The zero-order chi connectivity index (χ0) is 19.2. The van der Waals surface area contributed by atoms with Gasteiger partial charge in [-0.1, -0.05) is 12.1 Å². The number of hydrogen-bond acceptors (Lipinski definition) is 4. The number of nitrogens with one attached hydrogen (secondary N) is 1. The first-order valence-corrected chi connectivity index (χ1v) is 10.4. The lowest BCUT2D eigenvalue weighted by atomic mass is 9.91. The van der Waals surface area contributed by atoms with Crippen LogP contribution in [0.3, 0.4) is 0 Å². The fourth-order valence-electron chi connectivity index (χ4n) is 3.80. The number of hydrogen-bond donors (Lipinski definition) is 1. The van der Waals surface area contributed by atoms with E-state index in [0.717, 1.165) is 36.2 Å². The molecule has 1 amide bonds. The summed E-state index contributed by atoms with van der Waals surface area (Å²) < 4.78 is 28.1. The summed E-state index contributed by atoms with van der Waals surface area (Å²) in [6.07, 6.45) is 2.78. The van der Waals surface area contributed by atoms with E-state index in [1.54, 1.807) is 0 Å². The molecule has 2 aliphatic heterocycles. The Labute approximate surface area is 158 Å². The first-order chi connectivity index (χ1) is 12.8. The van der Waals surface area contributed by atoms with Crippen LogP contribution in [0.2, 0.25) is 0 Å². The minimum absolute atomic E-state index is 0.107. The van der Waals surface area contributed by atoms with Crippen molar-refractivity contribution in [2.24, 2.45) is 0 Å². The molecule has 0 radical (unpaired) electrons. The average molecular weight is 384 g/mol. The number of carbonyl (C=O) groups excluding carboxylic acids is 2. The van der Waals surface area contributed by atoms with E-state index in [2.05, 4.69) is 4.72 Å². The summed E-state index contributed by atoms with van der Waals surface area (Å²) in [7, 11) is -3.76. The van der Waals surface area contributed by atoms with E-state index in [4.69, 9.17) is 0 Å². The Hall–Kier alpha value is -2.67. The summed E-state index contributed by atoms with van der Waals surface area (Å²) in [5.74, 6) is 0.0298. The van der Waals surface area contributed by atoms with Crippen molar-refractivity contribution in [3.05, 3.63) is 53.1 Å². The van der Waals surface area contributed by atoms with Crippen LogP contribution < -0.4 is 9.62 Å². The molecule has 2 heterocycles. The van der Waals surface area contributed by atoms with Gasteiger partial charge in [0.2, 0.25) is 5.91 Å². The van der Waals surface area contributed by atoms with Crippen molar-refractivity contribution >= 4 is 33.1 Å². The molecule has 2 aromatic carbocycles. The molecular formula is C20H20N2O4S. The molecule has 27 heavy (non-hydrogen) atoms. The number of sulfonamides is 1. The molecule has 0 aliphatic carbocycles. The molecular weight excluding hydrogens is 364 g/mol. The minimum Gasteiger partial charge on any atom is -0.312 e. The first kappa shape index (κ1) is 17.7. The van der Waals surface area contributed by atoms with Gasteiger partial charge < -0.3 is 4.90 Å². The Morgan fingerprint density at radius 3 is 2.37 bits per heavy atom. The molecule has 4 rings (SSSR count). The highest BCUT2D eigenvalue weighted by Crippen LogP contribution is 2.38. The second-order valence-corrected chi connectivity index (χ2v) is 8.66. The lowest BCUT2D eigenvalue weighted by Crippen LogP contribution is -2.39. The van der Waals surface area contributed by atoms with Crippen molar-refractivity contribution in [3.63, 3.8) is 0 Å². The maximum atomic E-state index is 12.7. The van der Waals surface area contributed by atoms with Crippen molar-refractivity contribution < 1.29 is 18.0 Å². The third-order valence-corrected chi connectivity index (χ3v) is 6.50. The van der Waals surface area contributed by atoms with E-state index in [9.17, 15) is 18.0 Å². The molecule has 1 N–H and O–H groups in total. The molecule has 0 fully saturated rings. The highest BCUT2D eigenvalue weighted by atomic mass is 32.2. The summed E-state index contributed by atoms with van der Waals surface area (Å²) in [5.41, 5.74) is 3.96. The Morgan fingerprint density at radius 1 is 1.04 bits per heavy atom. The monoisotopic (exact) mass is 384 g/mol. The highest BCUT2D eigenvalue weighted by Gasteiger charge is 2.30. The van der Waals surface area contributed by atoms with Gasteiger partial charge in [0.15, 0.2) is 5.78 Å². The van der Waals surface area contributed by atoms with E-state index in [1.165, 1.54) is 31.2 Å². The number of nitrogens with zero attached hydrogens (tertiary/aromatic N) is 1. The molecule has 0 aromatic heterocycles. The van der Waals surface area contributed by atoms with Crippen molar-refractivity contribution in [1.29, 1.82) is 0 Å². The summed E-state index contributed by atoms with van der Waals surface area (Å²) in [4.78, 5) is 25.4. The number of benzene rings is 2. The van der Waals surface area contributed by atoms with Crippen LogP contribution in [-0.2, 0) is 27.7 Å². The molecule has 2 aromatic rings. The quantitative estimate of drug-likeness (QED) is 0.822. The zero-order valence-electron chi connectivity index (χ0n) is 15.0. The van der Waals surface area contributed by atoms with Gasteiger partial charge in [-0.2, -0.15) is 0 Å². The average Bonchev–Trinajstić information content (AvgIpc) is 2.64. The van der Waals surface area contributed by atoms with Gasteiger partial charge in [-0.3, -0.25) is 14.3 Å². The molecule has 0 saturated carbocycles. The topological polar surface area (TPSA) is 83.5 Å². The van der Waals surface area contributed by atoms with Gasteiger partial charge in [0.25, 0.3) is 10.0 Å². The molecule has 0 bridgehead atoms. The largest absolute Gasteiger partial charge is 0.312 e. The van der Waals surface area contributed by atoms with E-state index < -0.39 is 10.0 Å². The number of anilines is 2. The molecule has 0 atom stereocenters. The summed E-state index contributed by atoms with van der Waals surface area (Å²) in [5, 5.41) is 0. The molecule has 6 nitrogen and oxygen atoms in total. The van der Waals surface area contributed by atoms with E-state index in [0.29, 0.717) is 24.1 Å². The standard InChI is InChI=1S/C20H20N2O4S/c1-13(23)14-4-7-18(8-5-14)27(25,26)21-17-11-15-3-2-10-22-19(24)9-6-16(12-17)20(15)22/h4-5,7-8,11-12,21H,2-3,6,9-10H2,1H3. The van der Waals surface area contributed by atoms with Gasteiger partial charge in [-0.05, 0) is 61.6 Å². The molecule has 2 aliphatic rings. The van der Waals surface area contributed by atoms with E-state index >= 15 is 0 Å². The van der Waals surface area contributed by atoms with Crippen LogP contribution in [-0.4, -0.2) is 26.7 Å². The molecule has 0 unspecified atom stereocenters. The summed E-state index contributed by atoms with van der Waals surface area (Å²) in [6, 6.07) is 9.54. The lowest BCUT2D eigenvalue weighted by molar-refractivity contribution is -0.119. The number of Topliss-reactive ketones (excluding diaryl/α,β-unsaturated/α-hetero) is 1. The number of carbonyl (C=O) groups is 2. The number of rotatable bonds is 4. The Kier molecular flexibility index (Phi) is 4.26. The number of ketones is 1. The highest BCUT2D eigenvalue weighted by molar-refractivity contribution is 7.92. The second-order valence-electron chi connectivity index (χ2n) is 6.98. The van der Waals surface area contributed by atoms with Crippen LogP contribution in [0, 0.1) is 0 Å². The van der Waals surface area contributed by atoms with Gasteiger partial charge in [-0.15, -0.1) is 0 Å². The Balaban J connectivity index is 1.67. The van der Waals surface area contributed by atoms with Crippen molar-refractivity contribution in [1.82, 2.24) is 0 Å². The van der Waals surface area contributed by atoms with Crippen LogP contribution in [0.4, 0.5) is 11.4 Å². The van der Waals surface area contributed by atoms with Crippen LogP contribution in [0.1, 0.15) is 41.3 Å². The predicted molar refractivity (Wildman–Crippen MR) is 103 cm³/mol. The first-order valence-electron chi connectivity index (χ1n) is 8.95. The Bertz CT molecular complexity index is 1030. The smallest absolute Gasteiger partial charge is 0.261 e. The van der Waals surface area contributed by atoms with Gasteiger partial charge in [0, 0.05) is 24.2 Å². The second kappa shape index (κ2) is 6.49. The predicted octanol–water partition coefficient (Wildman–Crippen LogP) is 2.92. The third kappa shape index (κ3) is 3.23. The fraction of sp³-hybridized carbons (Fsp3) is 0.300. The van der Waals surface area contributed by atoms with Gasteiger partial charge in [0.05, 0.1) is 10.6 Å². The summed E-state index contributed by atoms with van der Waals surface area (Å²) >= 11 is 0. The van der Waals surface area contributed by atoms with Gasteiger partial charge >= 0.3 is 0 Å². The SMILES string of the molecule is CC(=O)c1ccc(S(=O)(=O)Nc2cc3c4c(c2)CCC(=O)N4CCC3)cc1. The number of aryl methyl sites for hydroxylation is 2. The van der Waals surface area contributed by atoms with Crippen LogP contribution >= 0.6 is 0 Å². The molecule has 0 saturated heterocycles. The number of amides is 1. The molecule has 140 valence electrons. The van der Waals surface area contributed by atoms with Crippen LogP contribution in [0.25, 0.3) is 0 Å². The normalized spacial score (nSPS) is 16.0. The van der Waals surface area contributed by atoms with Crippen molar-refractivity contribution in [3.8, 4) is 0 Å². The van der Waals surface area contributed by atoms with Crippen LogP contribution in [0.5, 0.6) is 0 Å². The maximum absolute atomic E-state index is 12.7. The maximum Gasteiger partial charge on any atom is 0.261 e. The minimum atomic E-state index is -3.76. The lowest BCUT2D eigenvalue weighted by Gasteiger charge is -2.35. The van der Waals surface area contributed by atoms with E-state index in [-0.39, 0.29) is 16.6 Å². The third-order valence-electron chi connectivity index (χ3n) is 5.10. The molecule has 7 heteroatoms. The summed E-state index contributed by atoms with van der Waals surface area (Å²) in [6.45, 7) is 2.17. The van der Waals surface area contributed by atoms with Crippen molar-refractivity contribution in [2.45, 2.75) is 37.5 Å². The zero-order valence-corrected chi connectivity index (χ0v) is 15.8. The van der Waals surface area contributed by atoms with E-state index in [1.807, 2.05) is 17.0 Å². The van der Waals surface area contributed by atoms with Crippen LogP contribution in [0.15, 0.2) is 41.3 Å². The van der Waals surface area contributed by atoms with Crippen molar-refractivity contribution in [2.75, 3.05) is 16.2 Å². The fourth-order valence-corrected chi connectivity index (χ4v) is 4.84.